The third kappa shape index (κ3) is 3.41. The van der Waals surface area contributed by atoms with E-state index in [2.05, 4.69) is 15.3 Å². The number of para-hydroxylation sites is 1. The van der Waals surface area contributed by atoms with E-state index in [0.717, 1.165) is 22.7 Å². The van der Waals surface area contributed by atoms with Crippen molar-refractivity contribution in [3.05, 3.63) is 96.1 Å². The number of hydrogen-bond acceptors (Lipinski definition) is 4. The van der Waals surface area contributed by atoms with Crippen molar-refractivity contribution in [3.8, 4) is 11.1 Å². The number of benzene rings is 2. The normalized spacial score (nSPS) is 11.2. The molecule has 0 saturated heterocycles. The zero-order valence-corrected chi connectivity index (χ0v) is 16.6. The van der Waals surface area contributed by atoms with Crippen molar-refractivity contribution in [2.75, 3.05) is 5.32 Å². The number of imidazole rings is 1. The first kappa shape index (κ1) is 19.6. The number of aromatic carboxylic acids is 1. The lowest BCUT2D eigenvalue weighted by atomic mass is 10.0. The van der Waals surface area contributed by atoms with Crippen LogP contribution in [0.4, 0.5) is 14.5 Å². The van der Waals surface area contributed by atoms with E-state index in [1.807, 2.05) is 30.3 Å². The zero-order valence-electron chi connectivity index (χ0n) is 16.6. The molecule has 0 bridgehead atoms. The summed E-state index contributed by atoms with van der Waals surface area (Å²) in [5.74, 6) is -2.80. The number of nitrogens with zero attached hydrogens (tertiary/aromatic N) is 3. The number of pyridine rings is 2. The topological polar surface area (TPSA) is 79.5 Å². The Balaban J connectivity index is 1.51. The molecule has 0 spiro atoms. The number of carbonyl (C=O) groups is 1. The Hall–Kier alpha value is -4.33. The summed E-state index contributed by atoms with van der Waals surface area (Å²) >= 11 is 0. The van der Waals surface area contributed by atoms with Gasteiger partial charge >= 0.3 is 5.97 Å². The Kier molecular flexibility index (Phi) is 4.74. The number of halogens is 2. The fourth-order valence-corrected chi connectivity index (χ4v) is 3.69. The second-order valence-corrected chi connectivity index (χ2v) is 7.25. The molecule has 0 radical (unpaired) electrons. The van der Waals surface area contributed by atoms with Gasteiger partial charge in [-0.15, -0.1) is 0 Å². The number of carboxylic acids is 1. The molecule has 0 unspecified atom stereocenters. The maximum atomic E-state index is 14.7. The van der Waals surface area contributed by atoms with E-state index in [-0.39, 0.29) is 5.65 Å². The van der Waals surface area contributed by atoms with E-state index in [4.69, 9.17) is 5.11 Å². The summed E-state index contributed by atoms with van der Waals surface area (Å²) in [7, 11) is 0. The van der Waals surface area contributed by atoms with Gasteiger partial charge in [-0.05, 0) is 35.9 Å². The van der Waals surface area contributed by atoms with Crippen molar-refractivity contribution in [1.29, 1.82) is 0 Å². The summed E-state index contributed by atoms with van der Waals surface area (Å²) in [6.45, 7) is 0.365. The van der Waals surface area contributed by atoms with Crippen molar-refractivity contribution >= 4 is 28.2 Å². The van der Waals surface area contributed by atoms with Crippen LogP contribution in [0.2, 0.25) is 0 Å². The minimum absolute atomic E-state index is 0.146. The van der Waals surface area contributed by atoms with E-state index in [1.54, 1.807) is 23.0 Å². The van der Waals surface area contributed by atoms with Crippen LogP contribution in [0, 0.1) is 11.6 Å². The number of aromatic nitrogens is 3. The van der Waals surface area contributed by atoms with Gasteiger partial charge in [0.05, 0.1) is 29.5 Å². The monoisotopic (exact) mass is 430 g/mol. The van der Waals surface area contributed by atoms with Crippen molar-refractivity contribution < 1.29 is 18.7 Å². The molecule has 0 fully saturated rings. The minimum atomic E-state index is -1.36. The molecular formula is C24H16F2N4O2. The van der Waals surface area contributed by atoms with Crippen LogP contribution in [0.3, 0.4) is 0 Å². The first-order valence-electron chi connectivity index (χ1n) is 9.77. The number of fused-ring (bicyclic) bond motifs is 2. The molecule has 0 atom stereocenters. The number of carboxylic acid groups (broad SMARTS) is 1. The van der Waals surface area contributed by atoms with Crippen LogP contribution in [0.25, 0.3) is 27.7 Å². The predicted molar refractivity (Wildman–Crippen MR) is 117 cm³/mol. The third-order valence-corrected chi connectivity index (χ3v) is 5.28. The highest BCUT2D eigenvalue weighted by Gasteiger charge is 2.15. The maximum Gasteiger partial charge on any atom is 0.338 e. The van der Waals surface area contributed by atoms with Gasteiger partial charge in [-0.3, -0.25) is 9.38 Å². The lowest BCUT2D eigenvalue weighted by Crippen LogP contribution is -2.04. The van der Waals surface area contributed by atoms with Crippen molar-refractivity contribution in [2.24, 2.45) is 0 Å². The Morgan fingerprint density at radius 1 is 1.00 bits per heavy atom. The van der Waals surface area contributed by atoms with Gasteiger partial charge in [-0.25, -0.2) is 18.6 Å². The molecule has 0 saturated carbocycles. The van der Waals surface area contributed by atoms with Crippen LogP contribution < -0.4 is 5.32 Å². The lowest BCUT2D eigenvalue weighted by molar-refractivity contribution is 0.0692. The molecule has 158 valence electrons. The molecule has 3 heterocycles. The molecule has 5 rings (SSSR count). The molecule has 0 aliphatic rings. The summed E-state index contributed by atoms with van der Waals surface area (Å²) in [6, 6.07) is 14.6. The first-order chi connectivity index (χ1) is 15.5. The van der Waals surface area contributed by atoms with Crippen molar-refractivity contribution in [3.63, 3.8) is 0 Å². The van der Waals surface area contributed by atoms with E-state index in [0.29, 0.717) is 23.4 Å². The summed E-state index contributed by atoms with van der Waals surface area (Å²) in [5, 5.41) is 13.3. The van der Waals surface area contributed by atoms with Crippen LogP contribution in [0.15, 0.2) is 73.2 Å². The first-order valence-corrected chi connectivity index (χ1v) is 9.77. The fraction of sp³-hybridized carbons (Fsp3) is 0.0417. The van der Waals surface area contributed by atoms with Crippen LogP contribution in [0.5, 0.6) is 0 Å². The summed E-state index contributed by atoms with van der Waals surface area (Å²) in [5.41, 5.74) is 2.91. The smallest absolute Gasteiger partial charge is 0.338 e. The van der Waals surface area contributed by atoms with Crippen LogP contribution in [0.1, 0.15) is 16.1 Å². The largest absolute Gasteiger partial charge is 0.478 e. The summed E-state index contributed by atoms with van der Waals surface area (Å²) in [4.78, 5) is 19.6. The maximum absolute atomic E-state index is 14.7. The molecule has 8 heteroatoms. The zero-order chi connectivity index (χ0) is 22.2. The standard InChI is InChI=1S/C24H16F2N4O2/c25-19-9-14(5-6-17(19)24(31)32)15-10-20(26)23-29-12-16(30(23)13-15)11-28-22-7-8-27-21-4-2-1-3-18(21)22/h1-10,12-13H,11H2,(H,27,28)(H,31,32). The van der Waals surface area contributed by atoms with Gasteiger partial charge in [-0.1, -0.05) is 24.3 Å². The Bertz CT molecular complexity index is 1490. The Morgan fingerprint density at radius 3 is 2.62 bits per heavy atom. The highest BCUT2D eigenvalue weighted by molar-refractivity contribution is 5.91. The van der Waals surface area contributed by atoms with E-state index in [9.17, 15) is 13.6 Å². The molecule has 0 amide bonds. The molecule has 2 aromatic carbocycles. The number of hydrogen-bond donors (Lipinski definition) is 2. The van der Waals surface area contributed by atoms with Crippen molar-refractivity contribution in [1.82, 2.24) is 14.4 Å². The fourth-order valence-electron chi connectivity index (χ4n) is 3.69. The predicted octanol–water partition coefficient (Wildman–Crippen LogP) is 5.14. The SMILES string of the molecule is O=C(O)c1ccc(-c2cc(F)c3ncc(CNc4ccnc5ccccc45)n3c2)cc1F. The molecule has 32 heavy (non-hydrogen) atoms. The van der Waals surface area contributed by atoms with Gasteiger partial charge in [0.1, 0.15) is 5.82 Å². The molecule has 5 aromatic rings. The highest BCUT2D eigenvalue weighted by Crippen LogP contribution is 2.26. The van der Waals surface area contributed by atoms with Gasteiger partial charge in [0.15, 0.2) is 11.5 Å². The Morgan fingerprint density at radius 2 is 1.81 bits per heavy atom. The Labute approximate surface area is 180 Å². The van der Waals surface area contributed by atoms with E-state index >= 15 is 0 Å². The molecule has 6 nitrogen and oxygen atoms in total. The average molecular weight is 430 g/mol. The van der Waals surface area contributed by atoms with Crippen molar-refractivity contribution in [2.45, 2.75) is 6.54 Å². The minimum Gasteiger partial charge on any atom is -0.478 e. The number of anilines is 1. The van der Waals surface area contributed by atoms with Gasteiger partial charge in [-0.2, -0.15) is 0 Å². The molecule has 0 aliphatic carbocycles. The number of nitrogens with one attached hydrogen (secondary N) is 1. The van der Waals surface area contributed by atoms with Gasteiger partial charge in [0, 0.05) is 29.0 Å². The molecule has 3 aromatic heterocycles. The lowest BCUT2D eigenvalue weighted by Gasteiger charge is -2.11. The second-order valence-electron chi connectivity index (χ2n) is 7.25. The summed E-state index contributed by atoms with van der Waals surface area (Å²) < 4.78 is 30.5. The van der Waals surface area contributed by atoms with Crippen LogP contribution in [-0.2, 0) is 6.54 Å². The second kappa shape index (κ2) is 7.73. The van der Waals surface area contributed by atoms with E-state index in [1.165, 1.54) is 18.2 Å². The van der Waals surface area contributed by atoms with E-state index < -0.39 is 23.2 Å². The van der Waals surface area contributed by atoms with Gasteiger partial charge in [0.2, 0.25) is 0 Å². The third-order valence-electron chi connectivity index (χ3n) is 5.28. The van der Waals surface area contributed by atoms with Gasteiger partial charge in [0.25, 0.3) is 0 Å². The number of rotatable bonds is 5. The summed E-state index contributed by atoms with van der Waals surface area (Å²) in [6.07, 6.45) is 4.95. The molecule has 0 aliphatic heterocycles. The molecule has 2 N–H and O–H groups in total. The van der Waals surface area contributed by atoms with Gasteiger partial charge < -0.3 is 10.4 Å². The quantitative estimate of drug-likeness (QED) is 0.404. The average Bonchev–Trinajstić information content (AvgIpc) is 3.21. The van der Waals surface area contributed by atoms with Crippen LogP contribution in [-0.4, -0.2) is 25.4 Å². The highest BCUT2D eigenvalue weighted by atomic mass is 19.1. The van der Waals surface area contributed by atoms with Crippen LogP contribution >= 0.6 is 0 Å². The molecular weight excluding hydrogens is 414 g/mol.